The van der Waals surface area contributed by atoms with Crippen LogP contribution in [0.1, 0.15) is 23.2 Å². The first-order valence-corrected chi connectivity index (χ1v) is 5.78. The Bertz CT molecular complexity index is 553. The van der Waals surface area contributed by atoms with E-state index in [2.05, 4.69) is 9.97 Å². The van der Waals surface area contributed by atoms with Gasteiger partial charge in [-0.25, -0.2) is 14.8 Å². The van der Waals surface area contributed by atoms with E-state index in [1.807, 2.05) is 30.3 Å². The van der Waals surface area contributed by atoms with Crippen LogP contribution < -0.4 is 0 Å². The van der Waals surface area contributed by atoms with E-state index < -0.39 is 5.97 Å². The second-order valence-corrected chi connectivity index (χ2v) is 3.77. The molecule has 1 aromatic carbocycles. The molecule has 0 unspecified atom stereocenters. The summed E-state index contributed by atoms with van der Waals surface area (Å²) < 4.78 is 5.02. The van der Waals surface area contributed by atoms with Gasteiger partial charge in [0.1, 0.15) is 5.82 Å². The number of ether oxygens (including phenoxy) is 1. The summed E-state index contributed by atoms with van der Waals surface area (Å²) in [5, 5.41) is 0. The Kier molecular flexibility index (Phi) is 3.67. The number of benzene rings is 1. The van der Waals surface area contributed by atoms with E-state index in [-0.39, 0.29) is 0 Å². The van der Waals surface area contributed by atoms with Gasteiger partial charge in [0.2, 0.25) is 0 Å². The molecule has 0 aliphatic heterocycles. The Morgan fingerprint density at radius 2 is 2.00 bits per heavy atom. The molecule has 2 rings (SSSR count). The maximum atomic E-state index is 11.9. The average Bonchev–Trinajstić information content (AvgIpc) is 2.40. The molecule has 92 valence electrons. The molecule has 0 saturated heterocycles. The highest BCUT2D eigenvalue weighted by molar-refractivity contribution is 5.95. The topological polar surface area (TPSA) is 52.1 Å². The smallest absolute Gasteiger partial charge is 0.357 e. The van der Waals surface area contributed by atoms with E-state index in [1.165, 1.54) is 0 Å². The van der Waals surface area contributed by atoms with E-state index in [0.29, 0.717) is 23.7 Å². The van der Waals surface area contributed by atoms with Gasteiger partial charge in [-0.3, -0.25) is 0 Å². The minimum absolute atomic E-state index is 0.315. The van der Waals surface area contributed by atoms with Gasteiger partial charge >= 0.3 is 5.97 Å². The first-order chi connectivity index (χ1) is 8.72. The lowest BCUT2D eigenvalue weighted by Gasteiger charge is -2.08. The van der Waals surface area contributed by atoms with Crippen molar-refractivity contribution in [2.45, 2.75) is 13.8 Å². The minimum atomic E-state index is -0.415. The van der Waals surface area contributed by atoms with Crippen LogP contribution in [-0.2, 0) is 4.74 Å². The highest BCUT2D eigenvalue weighted by Gasteiger charge is 2.16. The molecule has 0 amide bonds. The molecule has 0 bridgehead atoms. The standard InChI is InChI=1S/C14H14N2O2/c1-3-18-14(17)13-12(9-15-10(2)16-13)11-7-5-4-6-8-11/h4-9H,3H2,1-2H3. The Balaban J connectivity index is 2.51. The maximum absolute atomic E-state index is 11.9. The largest absolute Gasteiger partial charge is 0.461 e. The molecule has 0 aliphatic rings. The van der Waals surface area contributed by atoms with Crippen molar-refractivity contribution in [3.05, 3.63) is 48.0 Å². The fourth-order valence-electron chi connectivity index (χ4n) is 1.65. The van der Waals surface area contributed by atoms with Crippen LogP contribution in [0.3, 0.4) is 0 Å². The zero-order valence-electron chi connectivity index (χ0n) is 10.4. The molecule has 0 fully saturated rings. The van der Waals surface area contributed by atoms with Gasteiger partial charge in [0.05, 0.1) is 6.61 Å². The quantitative estimate of drug-likeness (QED) is 0.776. The van der Waals surface area contributed by atoms with Crippen LogP contribution in [0.15, 0.2) is 36.5 Å². The van der Waals surface area contributed by atoms with Gasteiger partial charge in [0, 0.05) is 11.8 Å². The van der Waals surface area contributed by atoms with Crippen LogP contribution in [0.25, 0.3) is 11.1 Å². The highest BCUT2D eigenvalue weighted by Crippen LogP contribution is 2.22. The predicted octanol–water partition coefficient (Wildman–Crippen LogP) is 2.63. The first-order valence-electron chi connectivity index (χ1n) is 5.78. The Hall–Kier alpha value is -2.23. The van der Waals surface area contributed by atoms with Crippen molar-refractivity contribution in [1.29, 1.82) is 0 Å². The summed E-state index contributed by atoms with van der Waals surface area (Å²) in [7, 11) is 0. The Labute approximate surface area is 106 Å². The molecule has 4 heteroatoms. The number of aryl methyl sites for hydroxylation is 1. The molecule has 1 aromatic heterocycles. The fourth-order valence-corrected chi connectivity index (χ4v) is 1.65. The number of carbonyl (C=O) groups is 1. The zero-order chi connectivity index (χ0) is 13.0. The van der Waals surface area contributed by atoms with E-state index >= 15 is 0 Å². The summed E-state index contributed by atoms with van der Waals surface area (Å²) in [5.74, 6) is 0.139. The fraction of sp³-hybridized carbons (Fsp3) is 0.214. The number of esters is 1. The number of hydrogen-bond donors (Lipinski definition) is 0. The van der Waals surface area contributed by atoms with E-state index in [1.54, 1.807) is 20.0 Å². The van der Waals surface area contributed by atoms with E-state index in [0.717, 1.165) is 5.56 Å². The van der Waals surface area contributed by atoms with Gasteiger partial charge in [-0.2, -0.15) is 0 Å². The minimum Gasteiger partial charge on any atom is -0.461 e. The van der Waals surface area contributed by atoms with Crippen LogP contribution in [0.5, 0.6) is 0 Å². The Morgan fingerprint density at radius 3 is 2.67 bits per heavy atom. The molecule has 0 radical (unpaired) electrons. The van der Waals surface area contributed by atoms with Crippen LogP contribution in [0.2, 0.25) is 0 Å². The van der Waals surface area contributed by atoms with Gasteiger partial charge in [-0.15, -0.1) is 0 Å². The third-order valence-electron chi connectivity index (χ3n) is 2.46. The van der Waals surface area contributed by atoms with Crippen molar-refractivity contribution in [2.75, 3.05) is 6.61 Å². The predicted molar refractivity (Wildman–Crippen MR) is 68.2 cm³/mol. The normalized spacial score (nSPS) is 10.1. The molecule has 0 saturated carbocycles. The molecule has 0 N–H and O–H groups in total. The second kappa shape index (κ2) is 5.40. The molecule has 0 atom stereocenters. The highest BCUT2D eigenvalue weighted by atomic mass is 16.5. The van der Waals surface area contributed by atoms with Gasteiger partial charge in [-0.1, -0.05) is 30.3 Å². The van der Waals surface area contributed by atoms with Crippen molar-refractivity contribution in [2.24, 2.45) is 0 Å². The first kappa shape index (κ1) is 12.2. The van der Waals surface area contributed by atoms with Gasteiger partial charge in [0.25, 0.3) is 0 Å². The summed E-state index contributed by atoms with van der Waals surface area (Å²) in [6.07, 6.45) is 1.66. The molecule has 0 aliphatic carbocycles. The van der Waals surface area contributed by atoms with E-state index in [4.69, 9.17) is 4.74 Å². The lowest BCUT2D eigenvalue weighted by molar-refractivity contribution is 0.0520. The van der Waals surface area contributed by atoms with Crippen molar-refractivity contribution < 1.29 is 9.53 Å². The maximum Gasteiger partial charge on any atom is 0.357 e. The van der Waals surface area contributed by atoms with Gasteiger partial charge in [0.15, 0.2) is 5.69 Å². The average molecular weight is 242 g/mol. The molecule has 2 aromatic rings. The number of nitrogens with zero attached hydrogens (tertiary/aromatic N) is 2. The third-order valence-corrected chi connectivity index (χ3v) is 2.46. The summed E-state index contributed by atoms with van der Waals surface area (Å²) >= 11 is 0. The molecule has 18 heavy (non-hydrogen) atoms. The molecule has 1 heterocycles. The molecular weight excluding hydrogens is 228 g/mol. The SMILES string of the molecule is CCOC(=O)c1nc(C)ncc1-c1ccccc1. The second-order valence-electron chi connectivity index (χ2n) is 3.77. The summed E-state index contributed by atoms with van der Waals surface area (Å²) in [4.78, 5) is 20.2. The summed E-state index contributed by atoms with van der Waals surface area (Å²) in [6.45, 7) is 3.85. The number of hydrogen-bond acceptors (Lipinski definition) is 4. The van der Waals surface area contributed by atoms with Crippen molar-refractivity contribution in [3.63, 3.8) is 0 Å². The van der Waals surface area contributed by atoms with Gasteiger partial charge < -0.3 is 4.74 Å². The number of carbonyl (C=O) groups excluding carboxylic acids is 1. The van der Waals surface area contributed by atoms with Crippen molar-refractivity contribution >= 4 is 5.97 Å². The molecule has 0 spiro atoms. The van der Waals surface area contributed by atoms with Crippen molar-refractivity contribution in [3.8, 4) is 11.1 Å². The number of aromatic nitrogens is 2. The van der Waals surface area contributed by atoms with Crippen LogP contribution >= 0.6 is 0 Å². The third kappa shape index (κ3) is 2.53. The summed E-state index contributed by atoms with van der Waals surface area (Å²) in [5.41, 5.74) is 1.91. The van der Waals surface area contributed by atoms with Crippen molar-refractivity contribution in [1.82, 2.24) is 9.97 Å². The monoisotopic (exact) mass is 242 g/mol. The molecular formula is C14H14N2O2. The lowest BCUT2D eigenvalue weighted by atomic mass is 10.1. The Morgan fingerprint density at radius 1 is 1.28 bits per heavy atom. The van der Waals surface area contributed by atoms with Crippen LogP contribution in [-0.4, -0.2) is 22.5 Å². The number of rotatable bonds is 3. The summed E-state index contributed by atoms with van der Waals surface area (Å²) in [6, 6.07) is 9.56. The van der Waals surface area contributed by atoms with Crippen LogP contribution in [0, 0.1) is 6.92 Å². The zero-order valence-corrected chi connectivity index (χ0v) is 10.4. The van der Waals surface area contributed by atoms with Crippen LogP contribution in [0.4, 0.5) is 0 Å². The molecule has 4 nitrogen and oxygen atoms in total. The van der Waals surface area contributed by atoms with Gasteiger partial charge in [-0.05, 0) is 19.4 Å². The van der Waals surface area contributed by atoms with E-state index in [9.17, 15) is 4.79 Å². The lowest BCUT2D eigenvalue weighted by Crippen LogP contribution is -2.10.